The van der Waals surface area contributed by atoms with Crippen molar-refractivity contribution >= 4 is 114 Å². The van der Waals surface area contributed by atoms with E-state index in [1.807, 2.05) is 91.4 Å². The highest BCUT2D eigenvalue weighted by atomic mass is 19.3. The van der Waals surface area contributed by atoms with Crippen LogP contribution in [0.1, 0.15) is 155 Å². The zero-order chi connectivity index (χ0) is 94.4. The molecule has 1 aliphatic heterocycles. The first kappa shape index (κ1) is 88.2. The van der Waals surface area contributed by atoms with Gasteiger partial charge in [0.15, 0.2) is 22.6 Å². The number of carbonyl (C=O) groups excluding carboxylic acids is 4. The van der Waals surface area contributed by atoms with Gasteiger partial charge in [0, 0.05) is 203 Å². The molecule has 704 valence electrons. The average Bonchev–Trinajstić information content (AvgIpc) is 1.60. The predicted molar refractivity (Wildman–Crippen MR) is 486 cm³/mol. The summed E-state index contributed by atoms with van der Waals surface area (Å²) in [5.74, 6) is -11.6. The van der Waals surface area contributed by atoms with E-state index in [1.165, 1.54) is 42.8 Å². The first-order chi connectivity index (χ1) is 65.4. The van der Waals surface area contributed by atoms with Crippen LogP contribution in [0.5, 0.6) is 0 Å². The van der Waals surface area contributed by atoms with E-state index in [-0.39, 0.29) is 127 Å². The molecule has 4 atom stereocenters. The summed E-state index contributed by atoms with van der Waals surface area (Å²) in [5, 5.41) is 72.1. The first-order valence-corrected chi connectivity index (χ1v) is 45.0. The number of nitrogens with zero attached hydrogens (tertiary/aromatic N) is 21. The molecule has 0 spiro atoms. The lowest BCUT2D eigenvalue weighted by molar-refractivity contribution is -0.102. The van der Waals surface area contributed by atoms with Crippen molar-refractivity contribution in [2.75, 3.05) is 69.6 Å². The van der Waals surface area contributed by atoms with E-state index in [1.54, 1.807) is 53.0 Å². The number of nitrogens with one attached hydrogen (secondary N) is 8. The van der Waals surface area contributed by atoms with E-state index in [0.717, 1.165) is 79.5 Å². The molecule has 16 aromatic heterocycles. The lowest BCUT2D eigenvalue weighted by atomic mass is 9.88. The number of likely N-dealkylation sites (N-methyl/N-ethyl adjacent to an activating group) is 1. The molecular weight excluding hydrogens is 1780 g/mol. The molecule has 1 saturated heterocycles. The van der Waals surface area contributed by atoms with E-state index in [9.17, 15) is 69.6 Å². The summed E-state index contributed by atoms with van der Waals surface area (Å²) in [6, 6.07) is 18.7. The van der Waals surface area contributed by atoms with Gasteiger partial charge in [-0.25, -0.2) is 75.0 Å². The standard InChI is InChI=1S/C23H24F2N8O.3C23H23F2N7O2/c1-26-19-8-17(16-12-32(13-10-31(2)11-13)20-14(16)4-3-7-27-20)29-21-15(9-28-33(19)21)22(34)30-18-5-6-23(18,24)25;3*1-26-19-9-17(16-11-31(12-7-13(33)8-12)20-14(16)3-2-6-27-20)29-21-15(10-28-32(19)21)22(34)30-18-4-5-23(18,24)25/h3-4,7-9,12-13,18,26H,5-6,10-11H2,1-2H3,(H,30,34);3*2-3,6,9-13,18,26,33H,4-5,7-8H2,1H3,(H,30,34)/t;2*12?,13?,18-;/m.10./s1. The molecule has 7 saturated carbocycles. The Balaban J connectivity index is 0.000000108. The van der Waals surface area contributed by atoms with Crippen molar-refractivity contribution in [1.29, 1.82) is 0 Å². The molecule has 36 nitrogen and oxygen atoms in total. The van der Waals surface area contributed by atoms with Crippen molar-refractivity contribution in [3.05, 3.63) is 169 Å². The fourth-order valence-electron chi connectivity index (χ4n) is 18.9. The van der Waals surface area contributed by atoms with Crippen molar-refractivity contribution in [2.24, 2.45) is 0 Å². The number of hydrogen-bond donors (Lipinski definition) is 11. The molecule has 0 aromatic carbocycles. The van der Waals surface area contributed by atoms with Gasteiger partial charge in [0.2, 0.25) is 0 Å². The second-order valence-electron chi connectivity index (χ2n) is 36.1. The third kappa shape index (κ3) is 15.5. The van der Waals surface area contributed by atoms with Gasteiger partial charge in [-0.2, -0.15) is 38.5 Å². The number of hydrogen-bond acceptors (Lipinski definition) is 24. The topological polar surface area (TPSA) is 420 Å². The van der Waals surface area contributed by atoms with Gasteiger partial charge < -0.3 is 81.0 Å². The molecule has 136 heavy (non-hydrogen) atoms. The maximum Gasteiger partial charge on any atom is 0.267 e. The minimum Gasteiger partial charge on any atom is -0.393 e. The second kappa shape index (κ2) is 33.9. The SMILES string of the molecule is CNc1cc(-c2cn(C3CC(O)C3)c3ncccc23)nc2c(C(=O)NC3CCC3(F)F)cnn12.CNc1cc(-c2cn(C3CC(O)C3)c3ncccc23)nc2c(C(=O)N[C@@H]3CCC3(F)F)cnn12.CNc1cc(-c2cn(C3CC(O)C3)c3ncccc23)nc2c(C(=O)N[C@H]3CCC3(F)F)cnn12.CNc1cc(-c2cn(C3CN(C)C3)c3ncccc23)nc2c(C(=O)NC3CCC3(F)F)cnn12. The quantitative estimate of drug-likeness (QED) is 0.0316. The summed E-state index contributed by atoms with van der Waals surface area (Å²) < 4.78 is 124. The zero-order valence-electron chi connectivity index (χ0n) is 73.9. The molecular formula is C92H93F8N29O7. The van der Waals surface area contributed by atoms with Gasteiger partial charge in [-0.15, -0.1) is 0 Å². The molecule has 16 aromatic rings. The Bertz CT molecular complexity index is 6560. The first-order valence-electron chi connectivity index (χ1n) is 45.0. The Kier molecular flexibility index (Phi) is 22.0. The number of rotatable bonds is 20. The van der Waals surface area contributed by atoms with E-state index in [4.69, 9.17) is 19.9 Å². The number of halogens is 8. The number of aliphatic hydroxyl groups excluding tert-OH is 3. The smallest absolute Gasteiger partial charge is 0.267 e. The molecule has 8 aliphatic rings. The van der Waals surface area contributed by atoms with Crippen molar-refractivity contribution in [3.63, 3.8) is 0 Å². The van der Waals surface area contributed by atoms with Crippen LogP contribution in [0.4, 0.5) is 58.4 Å². The molecule has 17 heterocycles. The van der Waals surface area contributed by atoms with Crippen LogP contribution in [0.3, 0.4) is 0 Å². The fourth-order valence-corrected chi connectivity index (χ4v) is 18.9. The van der Waals surface area contributed by atoms with Gasteiger partial charge in [-0.1, -0.05) is 0 Å². The molecule has 44 heteroatoms. The number of alkyl halides is 8. The number of aromatic nitrogens is 20. The minimum atomic E-state index is -2.89. The fraction of sp³-hybridized carbons (Fsp3) is 0.391. The summed E-state index contributed by atoms with van der Waals surface area (Å²) in [6.07, 6.45) is 23.4. The summed E-state index contributed by atoms with van der Waals surface area (Å²) in [5.41, 5.74) is 10.7. The number of likely N-dealkylation sites (tertiary alicyclic amines) is 1. The summed E-state index contributed by atoms with van der Waals surface area (Å²) in [4.78, 5) is 90.8. The molecule has 2 unspecified atom stereocenters. The lowest BCUT2D eigenvalue weighted by Crippen LogP contribution is -2.55. The highest BCUT2D eigenvalue weighted by molar-refractivity contribution is 6.05. The number of aliphatic hydroxyl groups is 3. The normalized spacial score (nSPS) is 22.7. The minimum absolute atomic E-state index is 0.130. The Morgan fingerprint density at radius 3 is 0.765 bits per heavy atom. The van der Waals surface area contributed by atoms with Crippen molar-refractivity contribution in [1.82, 2.24) is 123 Å². The van der Waals surface area contributed by atoms with Gasteiger partial charge in [0.05, 0.1) is 96.1 Å². The van der Waals surface area contributed by atoms with Crippen molar-refractivity contribution in [2.45, 2.75) is 180 Å². The molecule has 11 N–H and O–H groups in total. The number of anilines is 4. The Hall–Kier alpha value is -14.4. The number of fused-ring (bicyclic) bond motifs is 8. The van der Waals surface area contributed by atoms with Crippen LogP contribution in [-0.2, 0) is 0 Å². The highest BCUT2D eigenvalue weighted by Gasteiger charge is 2.53. The van der Waals surface area contributed by atoms with Crippen LogP contribution in [-0.4, -0.2) is 255 Å². The van der Waals surface area contributed by atoms with Crippen LogP contribution in [0, 0.1) is 0 Å². The van der Waals surface area contributed by atoms with E-state index in [2.05, 4.69) is 119 Å². The van der Waals surface area contributed by atoms with Crippen LogP contribution in [0.25, 0.3) is 112 Å². The van der Waals surface area contributed by atoms with Crippen molar-refractivity contribution in [3.8, 4) is 45.0 Å². The molecule has 0 bridgehead atoms. The van der Waals surface area contributed by atoms with Gasteiger partial charge in [0.25, 0.3) is 47.3 Å². The monoisotopic (exact) mass is 1870 g/mol. The predicted octanol–water partition coefficient (Wildman–Crippen LogP) is 11.8. The van der Waals surface area contributed by atoms with E-state index >= 15 is 0 Å². The number of amides is 4. The average molecular weight is 1870 g/mol. The molecule has 0 radical (unpaired) electrons. The third-order valence-electron chi connectivity index (χ3n) is 27.6. The van der Waals surface area contributed by atoms with Crippen molar-refractivity contribution < 1.29 is 69.6 Å². The number of pyridine rings is 4. The maximum atomic E-state index is 13.7. The maximum absolute atomic E-state index is 13.7. The third-order valence-corrected chi connectivity index (χ3v) is 27.6. The van der Waals surface area contributed by atoms with E-state index < -0.39 is 71.5 Å². The van der Waals surface area contributed by atoms with Crippen LogP contribution >= 0.6 is 0 Å². The molecule has 7 aliphatic carbocycles. The summed E-state index contributed by atoms with van der Waals surface area (Å²) in [7, 11) is 9.03. The van der Waals surface area contributed by atoms with Crippen LogP contribution in [0.15, 0.2) is 147 Å². The summed E-state index contributed by atoms with van der Waals surface area (Å²) in [6.45, 7) is 1.87. The van der Waals surface area contributed by atoms with Crippen LogP contribution < -0.4 is 42.5 Å². The summed E-state index contributed by atoms with van der Waals surface area (Å²) >= 11 is 0. The second-order valence-corrected chi connectivity index (χ2v) is 36.1. The molecule has 4 amide bonds. The van der Waals surface area contributed by atoms with Gasteiger partial charge >= 0.3 is 0 Å². The van der Waals surface area contributed by atoms with E-state index in [0.29, 0.717) is 96.3 Å². The molecule has 24 rings (SSSR count). The lowest BCUT2D eigenvalue weighted by Gasteiger charge is -2.37. The molecule has 8 fully saturated rings. The number of carbonyl (C=O) groups is 4. The Morgan fingerprint density at radius 1 is 0.346 bits per heavy atom. The zero-order valence-corrected chi connectivity index (χ0v) is 73.9. The Morgan fingerprint density at radius 2 is 0.574 bits per heavy atom. The van der Waals surface area contributed by atoms with Gasteiger partial charge in [-0.3, -0.25) is 19.2 Å². The Labute approximate surface area is 766 Å². The largest absolute Gasteiger partial charge is 0.393 e. The highest BCUT2D eigenvalue weighted by Crippen LogP contribution is 2.47. The van der Waals surface area contributed by atoms with Crippen LogP contribution in [0.2, 0.25) is 0 Å². The van der Waals surface area contributed by atoms with Gasteiger partial charge in [0.1, 0.15) is 68.1 Å². The van der Waals surface area contributed by atoms with Gasteiger partial charge in [-0.05, 0) is 120 Å².